The van der Waals surface area contributed by atoms with E-state index in [1.165, 1.54) is 0 Å². The van der Waals surface area contributed by atoms with E-state index < -0.39 is 0 Å². The summed E-state index contributed by atoms with van der Waals surface area (Å²) < 4.78 is 4.25. The van der Waals surface area contributed by atoms with E-state index in [0.29, 0.717) is 0 Å². The maximum Gasteiger partial charge on any atom is 0.256 e. The number of hydrogen-bond acceptors (Lipinski definition) is 1. The van der Waals surface area contributed by atoms with E-state index in [1.54, 1.807) is 15.2 Å². The van der Waals surface area contributed by atoms with Gasteiger partial charge in [-0.2, -0.15) is 0 Å². The Morgan fingerprint density at radius 3 is 1.40 bits per heavy atom. The molecule has 0 aromatic carbocycles. The van der Waals surface area contributed by atoms with Gasteiger partial charge in [0.25, 0.3) is 8.05 Å². The minimum absolute atomic E-state index is 0. The van der Waals surface area contributed by atoms with E-state index in [0.717, 1.165) is 0 Å². The van der Waals surface area contributed by atoms with Crippen molar-refractivity contribution in [3.8, 4) is 0 Å². The van der Waals surface area contributed by atoms with Crippen LogP contribution in [-0.4, -0.2) is 15.2 Å². The molecule has 0 radical (unpaired) electrons. The summed E-state index contributed by atoms with van der Waals surface area (Å²) in [5, 5.41) is 0. The normalized spacial score (nSPS) is 3.40. The van der Waals surface area contributed by atoms with Gasteiger partial charge in [0.2, 0.25) is 0 Å². The number of halogens is 2. The fourth-order valence-corrected chi connectivity index (χ4v) is 0. The highest BCUT2D eigenvalue weighted by Crippen LogP contribution is 1.24. The molecular weight excluding hydrogens is 110 g/mol. The summed E-state index contributed by atoms with van der Waals surface area (Å²) in [5.74, 6) is 0. The van der Waals surface area contributed by atoms with Crippen LogP contribution < -0.4 is 0 Å². The Balaban J connectivity index is -0.0000000200. The maximum atomic E-state index is 4.25. The Hall–Kier alpha value is 0.605. The zero-order valence-corrected chi connectivity index (χ0v) is 4.86. The molecule has 0 spiro atoms. The lowest BCUT2D eigenvalue weighted by Crippen LogP contribution is -1.60. The van der Waals surface area contributed by atoms with Gasteiger partial charge in [0.05, 0.1) is 0 Å². The van der Waals surface area contributed by atoms with Gasteiger partial charge in [0, 0.05) is 7.11 Å². The summed E-state index contributed by atoms with van der Waals surface area (Å²) in [7, 11) is 3.25. The molecule has 4 heteroatoms. The highest BCUT2D eigenvalue weighted by Gasteiger charge is 1.30. The van der Waals surface area contributed by atoms with Gasteiger partial charge in [0.1, 0.15) is 0 Å². The fraction of sp³-hybridized carbons (Fsp3) is 1.00. The average Bonchev–Trinajstić information content (AvgIpc) is 0.918. The largest absolute Gasteiger partial charge is 0.447 e. The predicted octanol–water partition coefficient (Wildman–Crippen LogP) is 0.0245. The molecule has 0 bridgehead atoms. The summed E-state index contributed by atoms with van der Waals surface area (Å²) in [5.41, 5.74) is 0. The van der Waals surface area contributed by atoms with Gasteiger partial charge in [-0.15, -0.1) is 24.8 Å². The Bertz CT molecular complexity index is 9.61. The minimum atomic E-state index is 0. The van der Waals surface area contributed by atoms with Crippen LogP contribution in [0.1, 0.15) is 0 Å². The minimum Gasteiger partial charge on any atom is -0.447 e. The smallest absolute Gasteiger partial charge is 0.256 e. The molecule has 0 heterocycles. The zero-order valence-electron chi connectivity index (χ0n) is 3.22. The third kappa shape index (κ3) is 85.4. The molecule has 0 aliphatic carbocycles. The Morgan fingerprint density at radius 1 is 1.40 bits per heavy atom. The molecule has 0 aliphatic rings. The second-order valence-corrected chi connectivity index (χ2v) is 0.408. The molecule has 0 atom stereocenters. The molecular formula is CH7BCl2O. The van der Waals surface area contributed by atoms with Crippen LogP contribution in [-0.2, 0) is 4.65 Å². The van der Waals surface area contributed by atoms with Gasteiger partial charge in [0.15, 0.2) is 0 Å². The molecule has 0 saturated heterocycles. The van der Waals surface area contributed by atoms with Gasteiger partial charge in [-0.3, -0.25) is 0 Å². The van der Waals surface area contributed by atoms with E-state index in [1.807, 2.05) is 0 Å². The maximum absolute atomic E-state index is 4.25. The zero-order chi connectivity index (χ0) is 2.71. The first kappa shape index (κ1) is 17.5. The number of rotatable bonds is 0. The van der Waals surface area contributed by atoms with E-state index >= 15 is 0 Å². The second kappa shape index (κ2) is 23.2. The Morgan fingerprint density at radius 2 is 1.40 bits per heavy atom. The second-order valence-electron chi connectivity index (χ2n) is 0.408. The summed E-state index contributed by atoms with van der Waals surface area (Å²) in [6, 6.07) is 0. The van der Waals surface area contributed by atoms with Crippen LogP contribution in [0.3, 0.4) is 0 Å². The summed E-state index contributed by atoms with van der Waals surface area (Å²) in [6.07, 6.45) is 0. The van der Waals surface area contributed by atoms with Crippen molar-refractivity contribution in [2.24, 2.45) is 0 Å². The molecule has 1 nitrogen and oxygen atoms in total. The van der Waals surface area contributed by atoms with Crippen LogP contribution >= 0.6 is 24.8 Å². The lowest BCUT2D eigenvalue weighted by molar-refractivity contribution is 0.460. The summed E-state index contributed by atoms with van der Waals surface area (Å²) in [4.78, 5) is 0. The van der Waals surface area contributed by atoms with Gasteiger partial charge in [-0.1, -0.05) is 0 Å². The number of hydrogen-bond donors (Lipinski definition) is 0. The van der Waals surface area contributed by atoms with E-state index in [-0.39, 0.29) is 24.8 Å². The van der Waals surface area contributed by atoms with E-state index in [9.17, 15) is 0 Å². The van der Waals surface area contributed by atoms with Gasteiger partial charge in [-0.05, 0) is 0 Å². The summed E-state index contributed by atoms with van der Waals surface area (Å²) >= 11 is 0. The van der Waals surface area contributed by atoms with Crippen molar-refractivity contribution in [2.75, 3.05) is 7.11 Å². The average molecular weight is 117 g/mol. The van der Waals surface area contributed by atoms with Crippen LogP contribution in [0.5, 0.6) is 0 Å². The molecule has 0 aliphatic heterocycles. The first-order valence-corrected chi connectivity index (χ1v) is 0.816. The third-order valence-corrected chi connectivity index (χ3v) is 0. The van der Waals surface area contributed by atoms with Crippen LogP contribution in [0, 0.1) is 0 Å². The van der Waals surface area contributed by atoms with Crippen LogP contribution in [0.2, 0.25) is 0 Å². The SMILES string of the molecule is BOC.Cl.Cl. The molecule has 34 valence electrons. The topological polar surface area (TPSA) is 9.23 Å². The van der Waals surface area contributed by atoms with Crippen molar-refractivity contribution in [1.29, 1.82) is 0 Å². The molecule has 5 heavy (non-hydrogen) atoms. The Kier molecular flexibility index (Phi) is 81.4. The van der Waals surface area contributed by atoms with Crippen molar-refractivity contribution < 1.29 is 4.65 Å². The fourth-order valence-electron chi connectivity index (χ4n) is 0. The van der Waals surface area contributed by atoms with E-state index in [2.05, 4.69) is 4.65 Å². The molecule has 0 N–H and O–H groups in total. The van der Waals surface area contributed by atoms with Crippen molar-refractivity contribution in [3.63, 3.8) is 0 Å². The predicted molar refractivity (Wildman–Crippen MR) is 30.0 cm³/mol. The molecule has 0 aromatic heterocycles. The van der Waals surface area contributed by atoms with Gasteiger partial charge in [-0.25, -0.2) is 0 Å². The molecule has 0 fully saturated rings. The van der Waals surface area contributed by atoms with Gasteiger partial charge < -0.3 is 4.65 Å². The standard InChI is InChI=1S/CH5BO.2ClH/c1-3-2;;/h2H2,1H3;2*1H. The van der Waals surface area contributed by atoms with Crippen molar-refractivity contribution in [1.82, 2.24) is 0 Å². The van der Waals surface area contributed by atoms with Gasteiger partial charge >= 0.3 is 0 Å². The molecule has 0 saturated carbocycles. The van der Waals surface area contributed by atoms with Crippen LogP contribution in [0.25, 0.3) is 0 Å². The van der Waals surface area contributed by atoms with Crippen molar-refractivity contribution in [3.05, 3.63) is 0 Å². The third-order valence-electron chi connectivity index (χ3n) is 0. The first-order valence-electron chi connectivity index (χ1n) is 0.816. The monoisotopic (exact) mass is 116 g/mol. The lowest BCUT2D eigenvalue weighted by Gasteiger charge is -1.60. The molecule has 0 amide bonds. The molecule has 0 unspecified atom stereocenters. The van der Waals surface area contributed by atoms with Crippen molar-refractivity contribution in [2.45, 2.75) is 0 Å². The van der Waals surface area contributed by atoms with Crippen LogP contribution in [0.4, 0.5) is 0 Å². The highest BCUT2D eigenvalue weighted by atomic mass is 35.5. The molecule has 0 rings (SSSR count). The van der Waals surface area contributed by atoms with Crippen LogP contribution in [0.15, 0.2) is 0 Å². The molecule has 0 aromatic rings. The van der Waals surface area contributed by atoms with Crippen molar-refractivity contribution >= 4 is 32.9 Å². The highest BCUT2D eigenvalue weighted by molar-refractivity contribution is 5.97. The van der Waals surface area contributed by atoms with E-state index in [4.69, 9.17) is 0 Å². The lowest BCUT2D eigenvalue weighted by atomic mass is 10.6. The first-order chi connectivity index (χ1) is 1.41. The quantitative estimate of drug-likeness (QED) is 0.406. The Labute approximate surface area is 45.3 Å². The summed E-state index contributed by atoms with van der Waals surface area (Å²) in [6.45, 7) is 0.